The summed E-state index contributed by atoms with van der Waals surface area (Å²) < 4.78 is 38.6. The number of aromatic hydroxyl groups is 1. The van der Waals surface area contributed by atoms with Gasteiger partial charge in [0.1, 0.15) is 17.4 Å². The van der Waals surface area contributed by atoms with Crippen LogP contribution in [0.25, 0.3) is 0 Å². The van der Waals surface area contributed by atoms with Gasteiger partial charge in [0, 0.05) is 11.9 Å². The Hall–Kier alpha value is -3.18. The first-order valence-corrected chi connectivity index (χ1v) is 7.84. The van der Waals surface area contributed by atoms with E-state index in [-0.39, 0.29) is 17.1 Å². The zero-order valence-electron chi connectivity index (χ0n) is 13.9. The summed E-state index contributed by atoms with van der Waals surface area (Å²) in [6.45, 7) is 1.77. The van der Waals surface area contributed by atoms with Crippen LogP contribution in [0.5, 0.6) is 5.75 Å². The number of halogens is 4. The maximum atomic E-state index is 12.9. The summed E-state index contributed by atoms with van der Waals surface area (Å²) in [4.78, 5) is 12.1. The highest BCUT2D eigenvalue weighted by atomic mass is 35.5. The van der Waals surface area contributed by atoms with E-state index < -0.39 is 28.2 Å². The molecule has 0 saturated carbocycles. The number of nitrogens with zero attached hydrogens (tertiary/aromatic N) is 1. The number of benzene rings is 2. The van der Waals surface area contributed by atoms with Crippen molar-refractivity contribution in [3.63, 3.8) is 0 Å². The monoisotopic (exact) mass is 395 g/mol. The van der Waals surface area contributed by atoms with Crippen molar-refractivity contribution in [1.29, 1.82) is 5.26 Å². The predicted octanol–water partition coefficient (Wildman–Crippen LogP) is 4.83. The fourth-order valence-electron chi connectivity index (χ4n) is 2.08. The first kappa shape index (κ1) is 20.1. The van der Waals surface area contributed by atoms with Gasteiger partial charge in [-0.3, -0.25) is 4.79 Å². The molecule has 1 amide bonds. The molecular weight excluding hydrogens is 383 g/mol. The molecule has 0 aromatic heterocycles. The number of carbonyl (C=O) groups excluding carboxylic acids is 1. The molecule has 0 aliphatic heterocycles. The van der Waals surface area contributed by atoms with Crippen LogP contribution < -0.4 is 10.6 Å². The molecule has 9 heteroatoms. The number of nitrogens with one attached hydrogen (secondary N) is 2. The highest BCUT2D eigenvalue weighted by Crippen LogP contribution is 2.36. The van der Waals surface area contributed by atoms with E-state index >= 15 is 0 Å². The van der Waals surface area contributed by atoms with E-state index in [0.29, 0.717) is 6.07 Å². The normalized spacial score (nSPS) is 11.6. The van der Waals surface area contributed by atoms with Crippen LogP contribution >= 0.6 is 11.6 Å². The van der Waals surface area contributed by atoms with E-state index in [4.69, 9.17) is 16.9 Å². The van der Waals surface area contributed by atoms with Gasteiger partial charge < -0.3 is 15.7 Å². The summed E-state index contributed by atoms with van der Waals surface area (Å²) in [6, 6.07) is 9.22. The van der Waals surface area contributed by atoms with Gasteiger partial charge in [-0.1, -0.05) is 17.7 Å². The van der Waals surface area contributed by atoms with Crippen molar-refractivity contribution in [3.05, 3.63) is 64.3 Å². The number of rotatable bonds is 4. The van der Waals surface area contributed by atoms with Crippen LogP contribution in [0.2, 0.25) is 5.02 Å². The van der Waals surface area contributed by atoms with Gasteiger partial charge in [-0.05, 0) is 42.8 Å². The van der Waals surface area contributed by atoms with Crippen LogP contribution in [-0.4, -0.2) is 11.0 Å². The van der Waals surface area contributed by atoms with Gasteiger partial charge in [-0.15, -0.1) is 0 Å². The third-order valence-corrected chi connectivity index (χ3v) is 3.75. The van der Waals surface area contributed by atoms with E-state index in [0.717, 1.165) is 17.8 Å². The first-order chi connectivity index (χ1) is 12.6. The van der Waals surface area contributed by atoms with Crippen LogP contribution in [-0.2, 0) is 11.0 Å². The SMILES string of the molecule is Cc1ccc(N/C=C(/C#N)C(=O)Nc2ccc(Cl)c(C(F)(F)F)c2)c(O)c1. The Kier molecular flexibility index (Phi) is 5.98. The second kappa shape index (κ2) is 8.01. The molecule has 0 unspecified atom stereocenters. The second-order valence-electron chi connectivity index (χ2n) is 5.48. The van der Waals surface area contributed by atoms with Gasteiger partial charge in [-0.25, -0.2) is 0 Å². The van der Waals surface area contributed by atoms with Crippen LogP contribution in [0.3, 0.4) is 0 Å². The Bertz CT molecular complexity index is 950. The molecule has 2 aromatic carbocycles. The molecule has 5 nitrogen and oxygen atoms in total. The Morgan fingerprint density at radius 3 is 2.56 bits per heavy atom. The van der Waals surface area contributed by atoms with Crippen LogP contribution in [0, 0.1) is 18.3 Å². The molecule has 0 atom stereocenters. The zero-order chi connectivity index (χ0) is 20.2. The molecule has 2 rings (SSSR count). The van der Waals surface area contributed by atoms with Gasteiger partial charge in [0.05, 0.1) is 16.3 Å². The average Bonchev–Trinajstić information content (AvgIpc) is 2.57. The first-order valence-electron chi connectivity index (χ1n) is 7.46. The smallest absolute Gasteiger partial charge is 0.417 e. The molecule has 0 heterocycles. The van der Waals surface area contributed by atoms with Gasteiger partial charge in [0.2, 0.25) is 0 Å². The van der Waals surface area contributed by atoms with Gasteiger partial charge in [0.25, 0.3) is 5.91 Å². The summed E-state index contributed by atoms with van der Waals surface area (Å²) in [7, 11) is 0. The van der Waals surface area contributed by atoms with Crippen molar-refractivity contribution in [2.24, 2.45) is 0 Å². The summed E-state index contributed by atoms with van der Waals surface area (Å²) in [5.41, 5.74) is -0.614. The lowest BCUT2D eigenvalue weighted by molar-refractivity contribution is -0.137. The van der Waals surface area contributed by atoms with Crippen LogP contribution in [0.1, 0.15) is 11.1 Å². The number of phenolic OH excluding ortho intramolecular Hbond substituents is 1. The van der Waals surface area contributed by atoms with Gasteiger partial charge >= 0.3 is 6.18 Å². The average molecular weight is 396 g/mol. The number of amides is 1. The summed E-state index contributed by atoms with van der Waals surface area (Å²) in [5.74, 6) is -1.01. The number of hydrogen-bond donors (Lipinski definition) is 3. The molecular formula is C18H13ClF3N3O2. The second-order valence-corrected chi connectivity index (χ2v) is 5.89. The lowest BCUT2D eigenvalue weighted by atomic mass is 10.2. The highest BCUT2D eigenvalue weighted by Gasteiger charge is 2.33. The summed E-state index contributed by atoms with van der Waals surface area (Å²) in [6.07, 6.45) is -3.64. The molecule has 0 aliphatic carbocycles. The molecule has 3 N–H and O–H groups in total. The van der Waals surface area contributed by atoms with Crippen molar-refractivity contribution >= 4 is 28.9 Å². The minimum atomic E-state index is -4.68. The molecule has 0 fully saturated rings. The van der Waals surface area contributed by atoms with E-state index in [2.05, 4.69) is 10.6 Å². The fourth-order valence-corrected chi connectivity index (χ4v) is 2.31. The fraction of sp³-hybridized carbons (Fsp3) is 0.111. The lowest BCUT2D eigenvalue weighted by Crippen LogP contribution is -2.15. The van der Waals surface area contributed by atoms with Crippen molar-refractivity contribution in [2.75, 3.05) is 10.6 Å². The van der Waals surface area contributed by atoms with E-state index in [1.54, 1.807) is 25.1 Å². The van der Waals surface area contributed by atoms with Crippen molar-refractivity contribution in [2.45, 2.75) is 13.1 Å². The highest BCUT2D eigenvalue weighted by molar-refractivity contribution is 6.31. The number of phenols is 1. The molecule has 27 heavy (non-hydrogen) atoms. The van der Waals surface area contributed by atoms with Crippen molar-refractivity contribution < 1.29 is 23.1 Å². The maximum Gasteiger partial charge on any atom is 0.417 e. The van der Waals surface area contributed by atoms with Crippen molar-refractivity contribution in [1.82, 2.24) is 0 Å². The number of anilines is 2. The molecule has 140 valence electrons. The molecule has 0 saturated heterocycles. The molecule has 0 aliphatic rings. The van der Waals surface area contributed by atoms with Crippen molar-refractivity contribution in [3.8, 4) is 11.8 Å². The third kappa shape index (κ3) is 5.15. The Labute approximate surface area is 157 Å². The standard InChI is InChI=1S/C18H13ClF3N3O2/c1-10-2-5-15(16(26)6-10)24-9-11(8-23)17(27)25-12-3-4-14(19)13(7-12)18(20,21)22/h2-7,9,24,26H,1H3,(H,25,27)/b11-9-. The molecule has 0 spiro atoms. The van der Waals surface area contributed by atoms with Gasteiger partial charge in [0.15, 0.2) is 0 Å². The number of nitriles is 1. The summed E-state index contributed by atoms with van der Waals surface area (Å²) >= 11 is 5.52. The lowest BCUT2D eigenvalue weighted by Gasteiger charge is -2.11. The Balaban J connectivity index is 2.19. The van der Waals surface area contributed by atoms with E-state index in [1.165, 1.54) is 12.1 Å². The Morgan fingerprint density at radius 1 is 1.26 bits per heavy atom. The molecule has 0 radical (unpaired) electrons. The zero-order valence-corrected chi connectivity index (χ0v) is 14.6. The third-order valence-electron chi connectivity index (χ3n) is 3.42. The topological polar surface area (TPSA) is 85.2 Å². The largest absolute Gasteiger partial charge is 0.506 e. The molecule has 0 bridgehead atoms. The van der Waals surface area contributed by atoms with E-state index in [9.17, 15) is 23.1 Å². The van der Waals surface area contributed by atoms with Crippen LogP contribution in [0.4, 0.5) is 24.5 Å². The molecule has 2 aromatic rings. The quantitative estimate of drug-likeness (QED) is 0.393. The number of aryl methyl sites for hydroxylation is 1. The maximum absolute atomic E-state index is 12.9. The number of alkyl halides is 3. The Morgan fingerprint density at radius 2 is 1.96 bits per heavy atom. The van der Waals surface area contributed by atoms with Gasteiger partial charge in [-0.2, -0.15) is 18.4 Å². The number of hydrogen-bond acceptors (Lipinski definition) is 4. The number of carbonyl (C=O) groups is 1. The minimum absolute atomic E-state index is 0.0866. The van der Waals surface area contributed by atoms with Crippen LogP contribution in [0.15, 0.2) is 48.2 Å². The summed E-state index contributed by atoms with van der Waals surface area (Å²) in [5, 5.41) is 23.2. The van der Waals surface area contributed by atoms with E-state index in [1.807, 2.05) is 0 Å². The minimum Gasteiger partial charge on any atom is -0.506 e. The predicted molar refractivity (Wildman–Crippen MR) is 95.2 cm³/mol.